The highest BCUT2D eigenvalue weighted by Gasteiger charge is 2.44. The summed E-state index contributed by atoms with van der Waals surface area (Å²) in [5.41, 5.74) is 0.513. The minimum atomic E-state index is -0.529. The number of ether oxygens (including phenoxy) is 2. The van der Waals surface area contributed by atoms with Crippen LogP contribution in [0.2, 0.25) is 0 Å². The Morgan fingerprint density at radius 3 is 2.86 bits per heavy atom. The van der Waals surface area contributed by atoms with Crippen LogP contribution in [0.1, 0.15) is 31.2 Å². The molecule has 1 aromatic rings. The number of nitrogens with zero attached hydrogens (tertiary/aromatic N) is 1. The highest BCUT2D eigenvalue weighted by molar-refractivity contribution is 5.42. The summed E-state index contributed by atoms with van der Waals surface area (Å²) in [6.45, 7) is 1.51. The molecule has 0 N–H and O–H groups in total. The smallest absolute Gasteiger partial charge is 0.293 e. The van der Waals surface area contributed by atoms with Gasteiger partial charge in [0, 0.05) is 12.5 Å². The van der Waals surface area contributed by atoms with Crippen LogP contribution in [-0.4, -0.2) is 39.1 Å². The van der Waals surface area contributed by atoms with Gasteiger partial charge in [0.25, 0.3) is 6.47 Å². The van der Waals surface area contributed by atoms with Crippen LogP contribution in [0.25, 0.3) is 0 Å². The van der Waals surface area contributed by atoms with E-state index in [1.165, 1.54) is 6.42 Å². The first-order valence-electron chi connectivity index (χ1n) is 7.53. The van der Waals surface area contributed by atoms with Crippen LogP contribution in [0.4, 0.5) is 0 Å². The second-order valence-corrected chi connectivity index (χ2v) is 6.04. The number of methoxy groups -OCH3 is 1. The van der Waals surface area contributed by atoms with Gasteiger partial charge in [0.05, 0.1) is 7.11 Å². The number of hydrogen-bond acceptors (Lipinski definition) is 4. The molecule has 21 heavy (non-hydrogen) atoms. The molecule has 0 aliphatic heterocycles. The molecule has 2 atom stereocenters. The van der Waals surface area contributed by atoms with Crippen LogP contribution in [0, 0.1) is 5.92 Å². The standard InChI is InChI=1S/C17H25NO3/c1-18(2)12-15-7-4-5-10-17(15,21-13-19)14-8-6-9-16(11-14)20-3/h6,8-9,11,13,15H,4-5,7,10,12H2,1-3H3. The lowest BCUT2D eigenvalue weighted by atomic mass is 9.71. The fourth-order valence-electron chi connectivity index (χ4n) is 3.47. The molecule has 1 aliphatic carbocycles. The summed E-state index contributed by atoms with van der Waals surface area (Å²) in [5.74, 6) is 1.11. The topological polar surface area (TPSA) is 38.8 Å². The zero-order chi connectivity index (χ0) is 15.3. The highest BCUT2D eigenvalue weighted by atomic mass is 16.5. The predicted molar refractivity (Wildman–Crippen MR) is 82.3 cm³/mol. The Hall–Kier alpha value is -1.55. The summed E-state index contributed by atoms with van der Waals surface area (Å²) < 4.78 is 11.0. The van der Waals surface area contributed by atoms with Crippen molar-refractivity contribution < 1.29 is 14.3 Å². The number of carbonyl (C=O) groups excluding carboxylic acids is 1. The van der Waals surface area contributed by atoms with Crippen LogP contribution in [0.15, 0.2) is 24.3 Å². The van der Waals surface area contributed by atoms with Crippen LogP contribution in [-0.2, 0) is 15.1 Å². The van der Waals surface area contributed by atoms with E-state index in [4.69, 9.17) is 9.47 Å². The second kappa shape index (κ2) is 6.94. The van der Waals surface area contributed by atoms with Crippen molar-refractivity contribution >= 4 is 6.47 Å². The minimum absolute atomic E-state index is 0.304. The van der Waals surface area contributed by atoms with Crippen molar-refractivity contribution in [1.82, 2.24) is 4.90 Å². The molecule has 1 aliphatic rings. The molecule has 2 unspecified atom stereocenters. The molecule has 2 rings (SSSR count). The Morgan fingerprint density at radius 1 is 1.38 bits per heavy atom. The molecule has 1 aromatic carbocycles. The van der Waals surface area contributed by atoms with E-state index in [9.17, 15) is 4.79 Å². The first-order chi connectivity index (χ1) is 10.1. The van der Waals surface area contributed by atoms with Crippen LogP contribution in [0.5, 0.6) is 5.75 Å². The molecule has 116 valence electrons. The fraction of sp³-hybridized carbons (Fsp3) is 0.588. The van der Waals surface area contributed by atoms with Gasteiger partial charge in [-0.25, -0.2) is 0 Å². The predicted octanol–water partition coefficient (Wildman–Crippen LogP) is 2.82. The molecule has 4 nitrogen and oxygen atoms in total. The van der Waals surface area contributed by atoms with E-state index in [0.29, 0.717) is 12.4 Å². The second-order valence-electron chi connectivity index (χ2n) is 6.04. The zero-order valence-corrected chi connectivity index (χ0v) is 13.2. The van der Waals surface area contributed by atoms with Gasteiger partial charge in [-0.1, -0.05) is 18.6 Å². The fourth-order valence-corrected chi connectivity index (χ4v) is 3.47. The summed E-state index contributed by atoms with van der Waals surface area (Å²) in [6.07, 6.45) is 4.21. The first kappa shape index (κ1) is 15.8. The lowest BCUT2D eigenvalue weighted by molar-refractivity contribution is -0.158. The van der Waals surface area contributed by atoms with Crippen molar-refractivity contribution in [3.8, 4) is 5.75 Å². The maximum Gasteiger partial charge on any atom is 0.293 e. The number of hydrogen-bond donors (Lipinski definition) is 0. The SMILES string of the molecule is COc1cccc(C2(OC=O)CCCCC2CN(C)C)c1. The quantitative estimate of drug-likeness (QED) is 0.756. The third-order valence-electron chi connectivity index (χ3n) is 4.41. The molecule has 0 aromatic heterocycles. The van der Waals surface area contributed by atoms with Crippen molar-refractivity contribution in [2.24, 2.45) is 5.92 Å². The van der Waals surface area contributed by atoms with Gasteiger partial charge in [-0.05, 0) is 51.1 Å². The molecule has 0 spiro atoms. The Bertz CT molecular complexity index is 475. The van der Waals surface area contributed by atoms with E-state index in [2.05, 4.69) is 19.0 Å². The molecule has 1 saturated carbocycles. The maximum atomic E-state index is 11.2. The van der Waals surface area contributed by atoms with Crippen LogP contribution in [0.3, 0.4) is 0 Å². The molecule has 0 radical (unpaired) electrons. The van der Waals surface area contributed by atoms with Crippen LogP contribution < -0.4 is 4.74 Å². The van der Waals surface area contributed by atoms with Crippen molar-refractivity contribution in [1.29, 1.82) is 0 Å². The van der Waals surface area contributed by atoms with Crippen LogP contribution >= 0.6 is 0 Å². The van der Waals surface area contributed by atoms with Gasteiger partial charge in [-0.3, -0.25) is 4.79 Å². The van der Waals surface area contributed by atoms with Gasteiger partial charge in [0.1, 0.15) is 11.4 Å². The van der Waals surface area contributed by atoms with E-state index in [1.54, 1.807) is 7.11 Å². The van der Waals surface area contributed by atoms with Crippen molar-refractivity contribution in [2.75, 3.05) is 27.7 Å². The van der Waals surface area contributed by atoms with Gasteiger partial charge in [-0.15, -0.1) is 0 Å². The van der Waals surface area contributed by atoms with E-state index < -0.39 is 5.60 Å². The van der Waals surface area contributed by atoms with E-state index in [-0.39, 0.29) is 0 Å². The lowest BCUT2D eigenvalue weighted by Crippen LogP contribution is -2.45. The zero-order valence-electron chi connectivity index (χ0n) is 13.2. The molecule has 0 amide bonds. The summed E-state index contributed by atoms with van der Waals surface area (Å²) in [6, 6.07) is 7.92. The summed E-state index contributed by atoms with van der Waals surface area (Å²) in [4.78, 5) is 13.3. The maximum absolute atomic E-state index is 11.2. The summed E-state index contributed by atoms with van der Waals surface area (Å²) in [7, 11) is 5.78. The molecular formula is C17H25NO3. The molecule has 0 bridgehead atoms. The van der Waals surface area contributed by atoms with Crippen molar-refractivity contribution in [2.45, 2.75) is 31.3 Å². The monoisotopic (exact) mass is 291 g/mol. The van der Waals surface area contributed by atoms with Gasteiger partial charge < -0.3 is 14.4 Å². The lowest BCUT2D eigenvalue weighted by Gasteiger charge is -2.44. The van der Waals surface area contributed by atoms with E-state index >= 15 is 0 Å². The number of rotatable bonds is 6. The van der Waals surface area contributed by atoms with Gasteiger partial charge in [0.2, 0.25) is 0 Å². The Labute approximate surface area is 127 Å². The third kappa shape index (κ3) is 3.38. The van der Waals surface area contributed by atoms with Gasteiger partial charge in [-0.2, -0.15) is 0 Å². The van der Waals surface area contributed by atoms with Gasteiger partial charge in [0.15, 0.2) is 0 Å². The molecule has 0 heterocycles. The van der Waals surface area contributed by atoms with Gasteiger partial charge >= 0.3 is 0 Å². The molecule has 0 saturated heterocycles. The number of carbonyl (C=O) groups is 1. The third-order valence-corrected chi connectivity index (χ3v) is 4.41. The first-order valence-corrected chi connectivity index (χ1v) is 7.53. The Kier molecular flexibility index (Phi) is 5.23. The highest BCUT2D eigenvalue weighted by Crippen LogP contribution is 2.45. The Balaban J connectivity index is 2.42. The van der Waals surface area contributed by atoms with Crippen molar-refractivity contribution in [3.05, 3.63) is 29.8 Å². The number of benzene rings is 1. The Morgan fingerprint density at radius 2 is 2.19 bits per heavy atom. The van der Waals surface area contributed by atoms with E-state index in [0.717, 1.165) is 37.1 Å². The minimum Gasteiger partial charge on any atom is -0.497 e. The average Bonchev–Trinajstić information content (AvgIpc) is 2.49. The molecule has 1 fully saturated rings. The average molecular weight is 291 g/mol. The molecule has 4 heteroatoms. The van der Waals surface area contributed by atoms with E-state index in [1.807, 2.05) is 24.3 Å². The van der Waals surface area contributed by atoms with Crippen molar-refractivity contribution in [3.63, 3.8) is 0 Å². The largest absolute Gasteiger partial charge is 0.497 e. The summed E-state index contributed by atoms with van der Waals surface area (Å²) in [5, 5.41) is 0. The summed E-state index contributed by atoms with van der Waals surface area (Å²) >= 11 is 0. The molecular weight excluding hydrogens is 266 g/mol. The normalized spacial score (nSPS) is 25.6.